The smallest absolute Gasteiger partial charge is 0.225 e. The molecule has 2 aromatic rings. The van der Waals surface area contributed by atoms with Gasteiger partial charge in [0, 0.05) is 16.8 Å². The van der Waals surface area contributed by atoms with E-state index in [0.717, 1.165) is 41.1 Å². The van der Waals surface area contributed by atoms with Crippen LogP contribution in [-0.2, 0) is 12.8 Å². The zero-order valence-corrected chi connectivity index (χ0v) is 11.7. The van der Waals surface area contributed by atoms with Crippen molar-refractivity contribution in [3.05, 3.63) is 41.3 Å². The van der Waals surface area contributed by atoms with Crippen LogP contribution in [0, 0.1) is 6.92 Å². The number of nitrogen functional groups attached to an aromatic ring is 1. The van der Waals surface area contributed by atoms with Crippen LogP contribution in [0.1, 0.15) is 36.1 Å². The first-order valence-corrected chi connectivity index (χ1v) is 7.11. The summed E-state index contributed by atoms with van der Waals surface area (Å²) in [6.45, 7) is 1.96. The van der Waals surface area contributed by atoms with Gasteiger partial charge in [0.2, 0.25) is 5.88 Å². The van der Waals surface area contributed by atoms with Crippen molar-refractivity contribution in [3.63, 3.8) is 0 Å². The zero-order chi connectivity index (χ0) is 13.9. The molecule has 0 spiro atoms. The molecule has 2 N–H and O–H groups in total. The molecule has 1 heterocycles. The molecular weight excluding hydrogens is 250 g/mol. The third-order valence-corrected chi connectivity index (χ3v) is 3.87. The van der Waals surface area contributed by atoms with Crippen molar-refractivity contribution in [1.82, 2.24) is 9.97 Å². The van der Waals surface area contributed by atoms with Crippen LogP contribution < -0.4 is 10.5 Å². The first kappa shape index (κ1) is 12.9. The van der Waals surface area contributed by atoms with Crippen LogP contribution in [0.15, 0.2) is 24.5 Å². The van der Waals surface area contributed by atoms with Gasteiger partial charge in [-0.3, -0.25) is 0 Å². The molecule has 3 rings (SSSR count). The molecule has 104 valence electrons. The lowest BCUT2D eigenvalue weighted by atomic mass is 10.1. The second-order valence-electron chi connectivity index (χ2n) is 5.24. The molecule has 0 saturated carbocycles. The zero-order valence-electron chi connectivity index (χ0n) is 11.7. The van der Waals surface area contributed by atoms with Gasteiger partial charge in [0.15, 0.2) is 0 Å². The third kappa shape index (κ3) is 2.46. The lowest BCUT2D eigenvalue weighted by Crippen LogP contribution is -2.02. The second-order valence-corrected chi connectivity index (χ2v) is 5.24. The highest BCUT2D eigenvalue weighted by Crippen LogP contribution is 2.32. The predicted octanol–water partition coefficient (Wildman–Crippen LogP) is 3.43. The van der Waals surface area contributed by atoms with Gasteiger partial charge in [-0.05, 0) is 44.7 Å². The van der Waals surface area contributed by atoms with E-state index >= 15 is 0 Å². The predicted molar refractivity (Wildman–Crippen MR) is 79.0 cm³/mol. The third-order valence-electron chi connectivity index (χ3n) is 3.87. The fraction of sp³-hybridized carbons (Fsp3) is 0.375. The number of hydrogen-bond donors (Lipinski definition) is 1. The quantitative estimate of drug-likeness (QED) is 0.670. The highest BCUT2D eigenvalue weighted by atomic mass is 16.5. The van der Waals surface area contributed by atoms with Crippen molar-refractivity contribution >= 4 is 5.69 Å². The van der Waals surface area contributed by atoms with Crippen molar-refractivity contribution in [2.24, 2.45) is 0 Å². The van der Waals surface area contributed by atoms with Gasteiger partial charge in [-0.1, -0.05) is 12.5 Å². The normalized spacial score (nSPS) is 14.4. The number of hydrogen-bond acceptors (Lipinski definition) is 4. The number of anilines is 1. The number of fused-ring (bicyclic) bond motifs is 1. The molecule has 20 heavy (non-hydrogen) atoms. The van der Waals surface area contributed by atoms with Crippen LogP contribution >= 0.6 is 0 Å². The van der Waals surface area contributed by atoms with Crippen LogP contribution in [0.2, 0.25) is 0 Å². The maximum atomic E-state index is 6.01. The first-order valence-electron chi connectivity index (χ1n) is 7.11. The summed E-state index contributed by atoms with van der Waals surface area (Å²) in [5, 5.41) is 0. The highest BCUT2D eigenvalue weighted by molar-refractivity contribution is 5.54. The molecule has 1 aliphatic rings. The fourth-order valence-electron chi connectivity index (χ4n) is 2.60. The SMILES string of the molecule is Cc1c(N)cccc1Oc1ncnc2c1CCCCC2. The van der Waals surface area contributed by atoms with Crippen molar-refractivity contribution in [2.45, 2.75) is 39.0 Å². The maximum absolute atomic E-state index is 6.01. The van der Waals surface area contributed by atoms with E-state index in [1.165, 1.54) is 19.3 Å². The van der Waals surface area contributed by atoms with Gasteiger partial charge < -0.3 is 10.5 Å². The highest BCUT2D eigenvalue weighted by Gasteiger charge is 2.16. The van der Waals surface area contributed by atoms with E-state index in [9.17, 15) is 0 Å². The van der Waals surface area contributed by atoms with Crippen LogP contribution in [0.25, 0.3) is 0 Å². The van der Waals surface area contributed by atoms with E-state index in [1.807, 2.05) is 25.1 Å². The van der Waals surface area contributed by atoms with Crippen molar-refractivity contribution in [3.8, 4) is 11.6 Å². The average Bonchev–Trinajstić information content (AvgIpc) is 2.70. The van der Waals surface area contributed by atoms with Gasteiger partial charge >= 0.3 is 0 Å². The van der Waals surface area contributed by atoms with Crippen molar-refractivity contribution in [1.29, 1.82) is 0 Å². The Morgan fingerprint density at radius 3 is 2.85 bits per heavy atom. The Morgan fingerprint density at radius 1 is 1.10 bits per heavy atom. The largest absolute Gasteiger partial charge is 0.438 e. The monoisotopic (exact) mass is 269 g/mol. The minimum Gasteiger partial charge on any atom is -0.438 e. The number of nitrogens with zero attached hydrogens (tertiary/aromatic N) is 2. The van der Waals surface area contributed by atoms with Gasteiger partial charge in [0.25, 0.3) is 0 Å². The molecule has 1 aromatic heterocycles. The minimum atomic E-state index is 0.686. The average molecular weight is 269 g/mol. The molecule has 0 radical (unpaired) electrons. The Hall–Kier alpha value is -2.10. The van der Waals surface area contributed by atoms with Crippen LogP contribution in [0.3, 0.4) is 0 Å². The Balaban J connectivity index is 1.97. The van der Waals surface area contributed by atoms with E-state index in [0.29, 0.717) is 5.88 Å². The summed E-state index contributed by atoms with van der Waals surface area (Å²) < 4.78 is 6.01. The molecule has 4 heteroatoms. The standard InChI is InChI=1S/C16H19N3O/c1-11-13(17)7-5-9-15(11)20-16-12-6-3-2-4-8-14(12)18-10-19-16/h5,7,9-10H,2-4,6,8,17H2,1H3. The van der Waals surface area contributed by atoms with Crippen molar-refractivity contribution in [2.75, 3.05) is 5.73 Å². The number of ether oxygens (including phenoxy) is 1. The maximum Gasteiger partial charge on any atom is 0.225 e. The molecule has 0 fully saturated rings. The molecule has 0 amide bonds. The summed E-state index contributed by atoms with van der Waals surface area (Å²) in [6, 6.07) is 5.71. The van der Waals surface area contributed by atoms with Gasteiger partial charge in [-0.15, -0.1) is 0 Å². The molecule has 1 aromatic carbocycles. The Bertz CT molecular complexity index is 625. The topological polar surface area (TPSA) is 61.0 Å². The number of aryl methyl sites for hydroxylation is 1. The lowest BCUT2D eigenvalue weighted by Gasteiger charge is -2.13. The number of rotatable bonds is 2. The Morgan fingerprint density at radius 2 is 1.95 bits per heavy atom. The molecule has 0 atom stereocenters. The van der Waals surface area contributed by atoms with Crippen LogP contribution in [-0.4, -0.2) is 9.97 Å². The van der Waals surface area contributed by atoms with Gasteiger partial charge in [0.1, 0.15) is 12.1 Å². The molecule has 0 saturated heterocycles. The molecule has 4 nitrogen and oxygen atoms in total. The van der Waals surface area contributed by atoms with E-state index in [-0.39, 0.29) is 0 Å². The van der Waals surface area contributed by atoms with E-state index in [1.54, 1.807) is 6.33 Å². The lowest BCUT2D eigenvalue weighted by molar-refractivity contribution is 0.450. The summed E-state index contributed by atoms with van der Waals surface area (Å²) in [6.07, 6.45) is 7.22. The Kier molecular flexibility index (Phi) is 3.54. The molecular formula is C16H19N3O. The van der Waals surface area contributed by atoms with Gasteiger partial charge in [-0.25, -0.2) is 9.97 Å². The minimum absolute atomic E-state index is 0.686. The molecule has 0 bridgehead atoms. The summed E-state index contributed by atoms with van der Waals surface area (Å²) in [4.78, 5) is 8.73. The number of nitrogens with two attached hydrogens (primary N) is 1. The van der Waals surface area contributed by atoms with E-state index < -0.39 is 0 Å². The second kappa shape index (κ2) is 5.49. The van der Waals surface area contributed by atoms with Crippen LogP contribution in [0.5, 0.6) is 11.6 Å². The summed E-state index contributed by atoms with van der Waals surface area (Å²) in [7, 11) is 0. The summed E-state index contributed by atoms with van der Waals surface area (Å²) >= 11 is 0. The first-order chi connectivity index (χ1) is 9.75. The molecule has 1 aliphatic carbocycles. The summed E-state index contributed by atoms with van der Waals surface area (Å²) in [5.41, 5.74) is 9.91. The summed E-state index contributed by atoms with van der Waals surface area (Å²) in [5.74, 6) is 1.46. The van der Waals surface area contributed by atoms with Crippen LogP contribution in [0.4, 0.5) is 5.69 Å². The molecule has 0 unspecified atom stereocenters. The Labute approximate surface area is 119 Å². The van der Waals surface area contributed by atoms with Gasteiger partial charge in [0.05, 0.1) is 5.69 Å². The fourth-order valence-corrected chi connectivity index (χ4v) is 2.60. The number of aromatic nitrogens is 2. The van der Waals surface area contributed by atoms with E-state index in [4.69, 9.17) is 10.5 Å². The molecule has 0 aliphatic heterocycles. The van der Waals surface area contributed by atoms with Gasteiger partial charge in [-0.2, -0.15) is 0 Å². The van der Waals surface area contributed by atoms with E-state index in [2.05, 4.69) is 9.97 Å². The number of benzene rings is 1. The van der Waals surface area contributed by atoms with Crippen molar-refractivity contribution < 1.29 is 4.74 Å².